The number of allylic oxidation sites excluding steroid dienone is 3. The molecule has 0 amide bonds. The van der Waals surface area contributed by atoms with Crippen molar-refractivity contribution in [1.82, 2.24) is 0 Å². The van der Waals surface area contributed by atoms with E-state index in [2.05, 4.69) is 0 Å². The summed E-state index contributed by atoms with van der Waals surface area (Å²) in [5, 5.41) is 0. The van der Waals surface area contributed by atoms with Gasteiger partial charge in [0.2, 0.25) is 0 Å². The van der Waals surface area contributed by atoms with Gasteiger partial charge in [0.15, 0.2) is 0 Å². The standard InChI is InChI=1S/C17H20BNO4/c1-13(10-15-7-5-4-6-8-15)9-14(2)18-19(3,11-16(20)22-18)12-17(21)23-18/h4-10H,11-12H2,1-3H3/b13-10+,14-9+. The van der Waals surface area contributed by atoms with Gasteiger partial charge < -0.3 is 13.7 Å². The Kier molecular flexibility index (Phi) is 3.64. The zero-order valence-corrected chi connectivity index (χ0v) is 13.6. The Bertz CT molecular complexity index is 703. The van der Waals surface area contributed by atoms with E-state index in [4.69, 9.17) is 9.31 Å². The normalized spacial score (nSPS) is 30.9. The van der Waals surface area contributed by atoms with Gasteiger partial charge in [0.05, 0.1) is 0 Å². The van der Waals surface area contributed by atoms with Crippen molar-refractivity contribution in [3.05, 3.63) is 53.0 Å². The molecule has 0 saturated carbocycles. The first kappa shape index (κ1) is 15.6. The Morgan fingerprint density at radius 1 is 1.09 bits per heavy atom. The maximum absolute atomic E-state index is 11.8. The fourth-order valence-electron chi connectivity index (χ4n) is 3.59. The molecule has 0 aliphatic carbocycles. The number of nitrogens with zero attached hydrogens (tertiary/aromatic N) is 1. The average molecular weight is 313 g/mol. The second kappa shape index (κ2) is 5.39. The fourth-order valence-corrected chi connectivity index (χ4v) is 3.59. The third-order valence-electron chi connectivity index (χ3n) is 4.61. The summed E-state index contributed by atoms with van der Waals surface area (Å²) in [4.78, 5) is 23.6. The second-order valence-corrected chi connectivity index (χ2v) is 6.63. The first-order valence-electron chi connectivity index (χ1n) is 7.69. The Balaban J connectivity index is 1.95. The molecule has 2 heterocycles. The number of hydrogen-bond donors (Lipinski definition) is 0. The van der Waals surface area contributed by atoms with Gasteiger partial charge in [-0.2, -0.15) is 0 Å². The van der Waals surface area contributed by atoms with Crippen molar-refractivity contribution in [2.24, 2.45) is 0 Å². The van der Waals surface area contributed by atoms with E-state index in [0.29, 0.717) is 0 Å². The van der Waals surface area contributed by atoms with E-state index in [-0.39, 0.29) is 29.4 Å². The number of rotatable bonds is 3. The molecule has 23 heavy (non-hydrogen) atoms. The monoisotopic (exact) mass is 313 g/mol. The minimum absolute atomic E-state index is 0.165. The highest BCUT2D eigenvalue weighted by atomic mass is 16.7. The quantitative estimate of drug-likeness (QED) is 0.633. The molecule has 3 rings (SSSR count). The minimum atomic E-state index is -2.11. The number of fused-ring (bicyclic) bond motifs is 1. The largest absolute Gasteiger partial charge is 0.610 e. The zero-order valence-electron chi connectivity index (χ0n) is 13.6. The molecule has 0 unspecified atom stereocenters. The van der Waals surface area contributed by atoms with E-state index in [1.165, 1.54) is 0 Å². The molecule has 6 heteroatoms. The van der Waals surface area contributed by atoms with E-state index in [9.17, 15) is 9.59 Å². The maximum atomic E-state index is 11.8. The van der Waals surface area contributed by atoms with Crippen LogP contribution in [0.2, 0.25) is 0 Å². The van der Waals surface area contributed by atoms with Crippen LogP contribution in [0.4, 0.5) is 0 Å². The third-order valence-corrected chi connectivity index (χ3v) is 4.61. The van der Waals surface area contributed by atoms with E-state index >= 15 is 0 Å². The van der Waals surface area contributed by atoms with Gasteiger partial charge in [0.25, 0.3) is 0 Å². The predicted octanol–water partition coefficient (Wildman–Crippen LogP) is 2.07. The lowest BCUT2D eigenvalue weighted by atomic mass is 9.60. The van der Waals surface area contributed by atoms with Crippen LogP contribution in [0.3, 0.4) is 0 Å². The molecule has 0 N–H and O–H groups in total. The molecule has 0 aromatic heterocycles. The molecule has 0 spiro atoms. The van der Waals surface area contributed by atoms with Crippen LogP contribution in [-0.2, 0) is 18.9 Å². The van der Waals surface area contributed by atoms with Gasteiger partial charge in [0.1, 0.15) is 13.1 Å². The summed E-state index contributed by atoms with van der Waals surface area (Å²) in [7, 11) is 1.84. The summed E-state index contributed by atoms with van der Waals surface area (Å²) in [6, 6.07) is 9.95. The van der Waals surface area contributed by atoms with E-state index in [1.54, 1.807) is 0 Å². The fraction of sp³-hybridized carbons (Fsp3) is 0.294. The molecule has 1 aromatic rings. The molecule has 2 aliphatic rings. The molecule has 5 nitrogen and oxygen atoms in total. The van der Waals surface area contributed by atoms with Crippen LogP contribution < -0.4 is 0 Å². The van der Waals surface area contributed by atoms with Crippen LogP contribution in [-0.4, -0.2) is 43.2 Å². The Morgan fingerprint density at radius 2 is 1.65 bits per heavy atom. The molecule has 0 bridgehead atoms. The number of quaternary nitrogens is 1. The van der Waals surface area contributed by atoms with Gasteiger partial charge >= 0.3 is 18.6 Å². The summed E-state index contributed by atoms with van der Waals surface area (Å²) in [6.45, 7) is 2.05. The Hall–Kier alpha value is -2.34. The topological polar surface area (TPSA) is 52.6 Å². The lowest BCUT2D eigenvalue weighted by Crippen LogP contribution is -2.61. The molecule has 2 aliphatic heterocycles. The van der Waals surface area contributed by atoms with Crippen LogP contribution in [0.15, 0.2) is 47.5 Å². The van der Waals surface area contributed by atoms with Crippen LogP contribution in [0.1, 0.15) is 19.4 Å². The third kappa shape index (κ3) is 2.59. The molecule has 2 saturated heterocycles. The number of hydrogen-bond acceptors (Lipinski definition) is 4. The lowest BCUT2D eigenvalue weighted by molar-refractivity contribution is -0.792. The number of benzene rings is 1. The molecule has 0 atom stereocenters. The summed E-state index contributed by atoms with van der Waals surface area (Å²) in [5.41, 5.74) is 2.86. The number of carbonyl (C=O) groups is 2. The highest BCUT2D eigenvalue weighted by Crippen LogP contribution is 2.38. The van der Waals surface area contributed by atoms with Gasteiger partial charge in [-0.25, -0.2) is 0 Å². The van der Waals surface area contributed by atoms with E-state index < -0.39 is 6.69 Å². The van der Waals surface area contributed by atoms with Gasteiger partial charge in [-0.3, -0.25) is 9.59 Å². The summed E-state index contributed by atoms with van der Waals surface area (Å²) < 4.78 is 11.2. The first-order valence-corrected chi connectivity index (χ1v) is 7.69. The highest BCUT2D eigenvalue weighted by molar-refractivity contribution is 6.73. The van der Waals surface area contributed by atoms with Gasteiger partial charge in [-0.05, 0) is 12.5 Å². The Morgan fingerprint density at radius 3 is 2.22 bits per heavy atom. The van der Waals surface area contributed by atoms with Crippen molar-refractivity contribution >= 4 is 24.7 Å². The van der Waals surface area contributed by atoms with Crippen LogP contribution in [0, 0.1) is 0 Å². The molecule has 2 fully saturated rings. The number of carbonyl (C=O) groups excluding carboxylic acids is 2. The van der Waals surface area contributed by atoms with Crippen molar-refractivity contribution in [3.63, 3.8) is 0 Å². The molecule has 1 aromatic carbocycles. The molecular weight excluding hydrogens is 293 g/mol. The summed E-state index contributed by atoms with van der Waals surface area (Å²) in [6.07, 6.45) is 3.97. The minimum Gasteiger partial charge on any atom is -0.596 e. The Labute approximate surface area is 135 Å². The van der Waals surface area contributed by atoms with Crippen LogP contribution in [0.5, 0.6) is 0 Å². The lowest BCUT2D eigenvalue weighted by Gasteiger charge is -2.40. The first-order chi connectivity index (χ1) is 10.8. The molecular formula is C17H20BNO4. The maximum Gasteiger partial charge on any atom is 0.610 e. The molecule has 0 radical (unpaired) electrons. The van der Waals surface area contributed by atoms with Gasteiger partial charge in [0, 0.05) is 7.05 Å². The number of likely N-dealkylation sites (N-methyl/N-ethyl adjacent to an activating group) is 1. The highest BCUT2D eigenvalue weighted by Gasteiger charge is 2.65. The van der Waals surface area contributed by atoms with Crippen molar-refractivity contribution in [2.45, 2.75) is 13.8 Å². The van der Waals surface area contributed by atoms with Crippen molar-refractivity contribution in [3.8, 4) is 0 Å². The average Bonchev–Trinajstić information content (AvgIpc) is 2.84. The van der Waals surface area contributed by atoms with Crippen molar-refractivity contribution < 1.29 is 23.3 Å². The second-order valence-electron chi connectivity index (χ2n) is 6.63. The van der Waals surface area contributed by atoms with Crippen molar-refractivity contribution in [1.29, 1.82) is 0 Å². The van der Waals surface area contributed by atoms with Crippen molar-refractivity contribution in [2.75, 3.05) is 20.1 Å². The zero-order chi connectivity index (χ0) is 16.7. The summed E-state index contributed by atoms with van der Waals surface area (Å²) in [5.74, 6) is -0.644. The smallest absolute Gasteiger partial charge is 0.596 e. The summed E-state index contributed by atoms with van der Waals surface area (Å²) >= 11 is 0. The predicted molar refractivity (Wildman–Crippen MR) is 87.7 cm³/mol. The van der Waals surface area contributed by atoms with Gasteiger partial charge in [-0.1, -0.05) is 60.5 Å². The van der Waals surface area contributed by atoms with E-state index in [0.717, 1.165) is 16.6 Å². The molecule has 120 valence electrons. The van der Waals surface area contributed by atoms with Crippen LogP contribution in [0.25, 0.3) is 6.08 Å². The van der Waals surface area contributed by atoms with E-state index in [1.807, 2.05) is 63.4 Å². The van der Waals surface area contributed by atoms with Gasteiger partial charge in [-0.15, -0.1) is 0 Å². The SMILES string of the molecule is C/C(=C\C(C)=C\c1ccccc1)[B-]12OC(=O)C[N+]1(C)CC(=O)O2. The van der Waals surface area contributed by atoms with Crippen LogP contribution >= 0.6 is 0 Å².